The standard InChI is InChI=1S/C18H28N6S/c1-3-19-18(23-13-9-16-14-25-15(2)24-16)22-12-7-6-11-21-17-8-4-5-10-20-17/h4-5,8,10,14H,3,6-7,9,11-13H2,1-2H3,(H,20,21)(H2,19,22,23). The molecule has 0 fully saturated rings. The zero-order chi connectivity index (χ0) is 17.7. The van der Waals surface area contributed by atoms with Crippen molar-refractivity contribution in [3.8, 4) is 0 Å². The van der Waals surface area contributed by atoms with Crippen molar-refractivity contribution in [1.29, 1.82) is 0 Å². The van der Waals surface area contributed by atoms with E-state index in [2.05, 4.69) is 43.2 Å². The second-order valence-electron chi connectivity index (χ2n) is 5.64. The highest BCUT2D eigenvalue weighted by Crippen LogP contribution is 2.07. The molecule has 6 nitrogen and oxygen atoms in total. The Balaban J connectivity index is 1.61. The SMILES string of the molecule is CCNC(=NCCCCNc1ccccn1)NCCc1csc(C)n1. The van der Waals surface area contributed by atoms with Crippen LogP contribution in [0.4, 0.5) is 5.82 Å². The fraction of sp³-hybridized carbons (Fsp3) is 0.500. The van der Waals surface area contributed by atoms with Crippen LogP contribution >= 0.6 is 11.3 Å². The number of nitrogens with one attached hydrogen (secondary N) is 3. The van der Waals surface area contributed by atoms with E-state index in [4.69, 9.17) is 0 Å². The Morgan fingerprint density at radius 3 is 2.84 bits per heavy atom. The van der Waals surface area contributed by atoms with Crippen LogP contribution in [-0.4, -0.2) is 42.1 Å². The molecule has 0 atom stereocenters. The molecule has 0 radical (unpaired) electrons. The van der Waals surface area contributed by atoms with Crippen LogP contribution in [0.15, 0.2) is 34.8 Å². The molecule has 0 aliphatic rings. The maximum atomic E-state index is 4.63. The Morgan fingerprint density at radius 1 is 1.20 bits per heavy atom. The van der Waals surface area contributed by atoms with Crippen LogP contribution in [0, 0.1) is 6.92 Å². The molecule has 25 heavy (non-hydrogen) atoms. The lowest BCUT2D eigenvalue weighted by atomic mass is 10.3. The molecule has 0 saturated carbocycles. The van der Waals surface area contributed by atoms with Crippen LogP contribution in [0.1, 0.15) is 30.5 Å². The third kappa shape index (κ3) is 7.98. The van der Waals surface area contributed by atoms with Gasteiger partial charge < -0.3 is 16.0 Å². The van der Waals surface area contributed by atoms with Crippen LogP contribution in [0.5, 0.6) is 0 Å². The molecule has 3 N–H and O–H groups in total. The van der Waals surface area contributed by atoms with E-state index >= 15 is 0 Å². The number of aromatic nitrogens is 2. The monoisotopic (exact) mass is 360 g/mol. The van der Waals surface area contributed by atoms with Crippen molar-refractivity contribution in [3.05, 3.63) is 40.5 Å². The molecule has 2 heterocycles. The average Bonchev–Trinajstić information content (AvgIpc) is 3.04. The second-order valence-corrected chi connectivity index (χ2v) is 6.71. The first kappa shape index (κ1) is 19.2. The van der Waals surface area contributed by atoms with Crippen molar-refractivity contribution < 1.29 is 0 Å². The van der Waals surface area contributed by atoms with Gasteiger partial charge in [-0.25, -0.2) is 9.97 Å². The van der Waals surface area contributed by atoms with Gasteiger partial charge in [-0.15, -0.1) is 11.3 Å². The number of anilines is 1. The molecule has 0 unspecified atom stereocenters. The highest BCUT2D eigenvalue weighted by Gasteiger charge is 2.00. The van der Waals surface area contributed by atoms with E-state index in [0.717, 1.165) is 67.9 Å². The Labute approximate surface area is 154 Å². The molecule has 0 saturated heterocycles. The molecule has 0 amide bonds. The largest absolute Gasteiger partial charge is 0.370 e. The van der Waals surface area contributed by atoms with Gasteiger partial charge in [0.25, 0.3) is 0 Å². The molecular weight excluding hydrogens is 332 g/mol. The maximum absolute atomic E-state index is 4.63. The summed E-state index contributed by atoms with van der Waals surface area (Å²) >= 11 is 1.70. The number of pyridine rings is 1. The minimum absolute atomic E-state index is 0.815. The zero-order valence-electron chi connectivity index (χ0n) is 15.1. The number of aliphatic imine (C=N–C) groups is 1. The summed E-state index contributed by atoms with van der Waals surface area (Å²) in [5.41, 5.74) is 1.14. The minimum atomic E-state index is 0.815. The third-order valence-corrected chi connectivity index (χ3v) is 4.33. The number of unbranched alkanes of at least 4 members (excludes halogenated alkanes) is 1. The Kier molecular flexibility index (Phi) is 8.75. The summed E-state index contributed by atoms with van der Waals surface area (Å²) in [6.45, 7) is 7.56. The van der Waals surface area contributed by atoms with Gasteiger partial charge in [0.2, 0.25) is 0 Å². The van der Waals surface area contributed by atoms with E-state index in [1.54, 1.807) is 17.5 Å². The normalized spacial score (nSPS) is 11.4. The predicted molar refractivity (Wildman–Crippen MR) is 106 cm³/mol. The van der Waals surface area contributed by atoms with Gasteiger partial charge in [-0.3, -0.25) is 4.99 Å². The number of hydrogen-bond acceptors (Lipinski definition) is 5. The smallest absolute Gasteiger partial charge is 0.191 e. The van der Waals surface area contributed by atoms with E-state index in [9.17, 15) is 0 Å². The summed E-state index contributed by atoms with van der Waals surface area (Å²) < 4.78 is 0. The first-order chi connectivity index (χ1) is 12.3. The van der Waals surface area contributed by atoms with Gasteiger partial charge in [0.05, 0.1) is 10.7 Å². The van der Waals surface area contributed by atoms with Crippen LogP contribution in [-0.2, 0) is 6.42 Å². The van der Waals surface area contributed by atoms with Crippen molar-refractivity contribution in [2.24, 2.45) is 4.99 Å². The number of nitrogens with zero attached hydrogens (tertiary/aromatic N) is 3. The van der Waals surface area contributed by atoms with E-state index in [1.165, 1.54) is 0 Å². The number of thiazole rings is 1. The number of hydrogen-bond donors (Lipinski definition) is 3. The average molecular weight is 361 g/mol. The van der Waals surface area contributed by atoms with Gasteiger partial charge in [-0.05, 0) is 38.8 Å². The summed E-state index contributed by atoms with van der Waals surface area (Å²) in [5, 5.41) is 13.2. The molecule has 2 aromatic heterocycles. The fourth-order valence-electron chi connectivity index (χ4n) is 2.29. The first-order valence-corrected chi connectivity index (χ1v) is 9.74. The Bertz CT molecular complexity index is 626. The number of aryl methyl sites for hydroxylation is 1. The van der Waals surface area contributed by atoms with Gasteiger partial charge in [-0.2, -0.15) is 0 Å². The highest BCUT2D eigenvalue weighted by molar-refractivity contribution is 7.09. The summed E-state index contributed by atoms with van der Waals surface area (Å²) in [6.07, 6.45) is 4.83. The molecule has 0 spiro atoms. The fourth-order valence-corrected chi connectivity index (χ4v) is 2.93. The molecular formula is C18H28N6S. The zero-order valence-corrected chi connectivity index (χ0v) is 15.9. The summed E-state index contributed by atoms with van der Waals surface area (Å²) in [4.78, 5) is 13.4. The molecule has 2 aromatic rings. The lowest BCUT2D eigenvalue weighted by Gasteiger charge is -2.10. The minimum Gasteiger partial charge on any atom is -0.370 e. The van der Waals surface area contributed by atoms with Crippen molar-refractivity contribution in [1.82, 2.24) is 20.6 Å². The van der Waals surface area contributed by atoms with Gasteiger partial charge >= 0.3 is 0 Å². The van der Waals surface area contributed by atoms with Crippen molar-refractivity contribution >= 4 is 23.1 Å². The lowest BCUT2D eigenvalue weighted by Crippen LogP contribution is -2.38. The molecule has 0 aliphatic heterocycles. The van der Waals surface area contributed by atoms with Gasteiger partial charge in [0.1, 0.15) is 5.82 Å². The Hall–Kier alpha value is -2.15. The molecule has 7 heteroatoms. The molecule has 2 rings (SSSR count). The summed E-state index contributed by atoms with van der Waals surface area (Å²) in [6, 6.07) is 5.89. The number of guanidine groups is 1. The second kappa shape index (κ2) is 11.4. The summed E-state index contributed by atoms with van der Waals surface area (Å²) in [5.74, 6) is 1.81. The number of rotatable bonds is 10. The van der Waals surface area contributed by atoms with Crippen molar-refractivity contribution in [3.63, 3.8) is 0 Å². The molecule has 0 aromatic carbocycles. The predicted octanol–water partition coefficient (Wildman–Crippen LogP) is 2.84. The van der Waals surface area contributed by atoms with E-state index in [0.29, 0.717) is 0 Å². The van der Waals surface area contributed by atoms with Crippen molar-refractivity contribution in [2.45, 2.75) is 33.1 Å². The first-order valence-electron chi connectivity index (χ1n) is 8.86. The van der Waals surface area contributed by atoms with Crippen LogP contribution < -0.4 is 16.0 Å². The highest BCUT2D eigenvalue weighted by atomic mass is 32.1. The van der Waals surface area contributed by atoms with Gasteiger partial charge in [0, 0.05) is 44.2 Å². The van der Waals surface area contributed by atoms with E-state index in [-0.39, 0.29) is 0 Å². The van der Waals surface area contributed by atoms with Crippen LogP contribution in [0.25, 0.3) is 0 Å². The third-order valence-electron chi connectivity index (χ3n) is 3.51. The van der Waals surface area contributed by atoms with E-state index < -0.39 is 0 Å². The van der Waals surface area contributed by atoms with E-state index in [1.807, 2.05) is 25.1 Å². The molecule has 136 valence electrons. The molecule has 0 bridgehead atoms. The summed E-state index contributed by atoms with van der Waals surface area (Å²) in [7, 11) is 0. The Morgan fingerprint density at radius 2 is 2.12 bits per heavy atom. The van der Waals surface area contributed by atoms with Crippen LogP contribution in [0.3, 0.4) is 0 Å². The van der Waals surface area contributed by atoms with Crippen molar-refractivity contribution in [2.75, 3.05) is 31.5 Å². The lowest BCUT2D eigenvalue weighted by molar-refractivity contribution is 0.748. The molecule has 0 aliphatic carbocycles. The topological polar surface area (TPSA) is 74.2 Å². The quantitative estimate of drug-likeness (QED) is 0.345. The van der Waals surface area contributed by atoms with Gasteiger partial charge in [-0.1, -0.05) is 6.07 Å². The van der Waals surface area contributed by atoms with Crippen LogP contribution in [0.2, 0.25) is 0 Å². The van der Waals surface area contributed by atoms with Gasteiger partial charge in [0.15, 0.2) is 5.96 Å². The maximum Gasteiger partial charge on any atom is 0.191 e.